The predicted octanol–water partition coefficient (Wildman–Crippen LogP) is 3.04. The fraction of sp³-hybridized carbons (Fsp3) is 0.500. The van der Waals surface area contributed by atoms with Crippen molar-refractivity contribution in [2.75, 3.05) is 46.6 Å². The van der Waals surface area contributed by atoms with Gasteiger partial charge in [0, 0.05) is 50.0 Å². The minimum Gasteiger partial charge on any atom is -0.383 e. The molecular weight excluding hydrogens is 428 g/mol. The SMILES string of the molecule is COCCN1C(=O)c2ccccc2C(C(=O)N2CCC3(CC2)OCCO3)C1c1cccs1. The Balaban J connectivity index is 1.50. The van der Waals surface area contributed by atoms with Crippen molar-refractivity contribution in [3.8, 4) is 0 Å². The van der Waals surface area contributed by atoms with Gasteiger partial charge in [-0.1, -0.05) is 24.3 Å². The van der Waals surface area contributed by atoms with Gasteiger partial charge in [0.2, 0.25) is 5.91 Å². The third kappa shape index (κ3) is 3.75. The van der Waals surface area contributed by atoms with Gasteiger partial charge < -0.3 is 24.0 Å². The summed E-state index contributed by atoms with van der Waals surface area (Å²) < 4.78 is 17.0. The minimum absolute atomic E-state index is 0.0505. The smallest absolute Gasteiger partial charge is 0.254 e. The van der Waals surface area contributed by atoms with Gasteiger partial charge in [-0.2, -0.15) is 0 Å². The van der Waals surface area contributed by atoms with Gasteiger partial charge in [0.25, 0.3) is 5.91 Å². The molecule has 0 bridgehead atoms. The van der Waals surface area contributed by atoms with Crippen LogP contribution in [0.1, 0.15) is 45.6 Å². The summed E-state index contributed by atoms with van der Waals surface area (Å²) in [6, 6.07) is 11.2. The number of piperidine rings is 1. The normalized spacial score (nSPS) is 24.7. The first-order valence-corrected chi connectivity index (χ1v) is 12.0. The van der Waals surface area contributed by atoms with Crippen LogP contribution in [-0.4, -0.2) is 74.0 Å². The molecule has 0 saturated carbocycles. The number of fused-ring (bicyclic) bond motifs is 1. The fourth-order valence-electron chi connectivity index (χ4n) is 5.12. The molecule has 2 aromatic rings. The maximum Gasteiger partial charge on any atom is 0.254 e. The topological polar surface area (TPSA) is 68.3 Å². The predicted molar refractivity (Wildman–Crippen MR) is 120 cm³/mol. The van der Waals surface area contributed by atoms with E-state index in [1.165, 1.54) is 0 Å². The van der Waals surface area contributed by atoms with Crippen LogP contribution in [0.2, 0.25) is 0 Å². The second-order valence-corrected chi connectivity index (χ2v) is 9.43. The maximum absolute atomic E-state index is 14.0. The highest BCUT2D eigenvalue weighted by Crippen LogP contribution is 2.45. The molecule has 32 heavy (non-hydrogen) atoms. The minimum atomic E-state index is -0.533. The highest BCUT2D eigenvalue weighted by atomic mass is 32.1. The second-order valence-electron chi connectivity index (χ2n) is 8.45. The molecule has 0 aliphatic carbocycles. The Morgan fingerprint density at radius 1 is 1.16 bits per heavy atom. The molecule has 2 unspecified atom stereocenters. The van der Waals surface area contributed by atoms with Crippen LogP contribution >= 0.6 is 11.3 Å². The number of rotatable bonds is 5. The Kier molecular flexibility index (Phi) is 6.03. The molecule has 8 heteroatoms. The van der Waals surface area contributed by atoms with E-state index in [4.69, 9.17) is 14.2 Å². The van der Waals surface area contributed by atoms with Crippen LogP contribution in [0.3, 0.4) is 0 Å². The number of nitrogens with zero attached hydrogens (tertiary/aromatic N) is 2. The summed E-state index contributed by atoms with van der Waals surface area (Å²) in [5, 5.41) is 2.00. The first-order chi connectivity index (χ1) is 15.6. The summed E-state index contributed by atoms with van der Waals surface area (Å²) in [5.41, 5.74) is 1.41. The Morgan fingerprint density at radius 2 is 1.91 bits per heavy atom. The highest BCUT2D eigenvalue weighted by molar-refractivity contribution is 7.10. The number of hydrogen-bond acceptors (Lipinski definition) is 6. The van der Waals surface area contributed by atoms with Crippen molar-refractivity contribution >= 4 is 23.2 Å². The molecular formula is C24H28N2O5S. The number of hydrogen-bond donors (Lipinski definition) is 0. The molecule has 2 atom stereocenters. The van der Waals surface area contributed by atoms with E-state index in [2.05, 4.69) is 0 Å². The van der Waals surface area contributed by atoms with Crippen LogP contribution in [-0.2, 0) is 19.0 Å². The summed E-state index contributed by atoms with van der Waals surface area (Å²) in [6.07, 6.45) is 1.34. The van der Waals surface area contributed by atoms with E-state index in [9.17, 15) is 9.59 Å². The molecule has 3 aliphatic rings. The zero-order valence-corrected chi connectivity index (χ0v) is 19.0. The molecule has 1 aromatic heterocycles. The van der Waals surface area contributed by atoms with Gasteiger partial charge >= 0.3 is 0 Å². The number of ether oxygens (including phenoxy) is 3. The first-order valence-electron chi connectivity index (χ1n) is 11.1. The van der Waals surface area contributed by atoms with Crippen molar-refractivity contribution in [1.29, 1.82) is 0 Å². The second kappa shape index (κ2) is 8.94. The Morgan fingerprint density at radius 3 is 2.59 bits per heavy atom. The van der Waals surface area contributed by atoms with Gasteiger partial charge in [0.05, 0.1) is 31.8 Å². The van der Waals surface area contributed by atoms with Gasteiger partial charge in [-0.3, -0.25) is 9.59 Å². The molecule has 1 spiro atoms. The molecule has 0 N–H and O–H groups in total. The van der Waals surface area contributed by atoms with Crippen molar-refractivity contribution in [2.24, 2.45) is 0 Å². The van der Waals surface area contributed by atoms with Crippen LogP contribution in [0.25, 0.3) is 0 Å². The maximum atomic E-state index is 14.0. The van der Waals surface area contributed by atoms with E-state index >= 15 is 0 Å². The molecule has 4 heterocycles. The zero-order valence-electron chi connectivity index (χ0n) is 18.2. The average molecular weight is 457 g/mol. The molecule has 5 rings (SSSR count). The summed E-state index contributed by atoms with van der Waals surface area (Å²) in [5.74, 6) is -0.988. The van der Waals surface area contributed by atoms with Gasteiger partial charge in [-0.25, -0.2) is 0 Å². The molecule has 170 valence electrons. The van der Waals surface area contributed by atoms with Gasteiger partial charge in [0.1, 0.15) is 0 Å². The molecule has 3 aliphatic heterocycles. The van der Waals surface area contributed by atoms with Crippen LogP contribution in [0.15, 0.2) is 41.8 Å². The number of carbonyl (C=O) groups excluding carboxylic acids is 2. The lowest BCUT2D eigenvalue weighted by Gasteiger charge is -2.44. The van der Waals surface area contributed by atoms with Gasteiger partial charge in [-0.05, 0) is 23.1 Å². The summed E-state index contributed by atoms with van der Waals surface area (Å²) in [6.45, 7) is 3.24. The van der Waals surface area contributed by atoms with E-state index in [1.807, 2.05) is 51.6 Å². The van der Waals surface area contributed by atoms with E-state index < -0.39 is 11.7 Å². The van der Waals surface area contributed by atoms with Crippen molar-refractivity contribution in [1.82, 2.24) is 9.80 Å². The zero-order chi connectivity index (χ0) is 22.1. The molecule has 0 radical (unpaired) electrons. The lowest BCUT2D eigenvalue weighted by atomic mass is 9.80. The van der Waals surface area contributed by atoms with E-state index in [0.29, 0.717) is 57.9 Å². The molecule has 7 nitrogen and oxygen atoms in total. The Labute approximate surface area is 191 Å². The number of amides is 2. The first kappa shape index (κ1) is 21.6. The Bertz CT molecular complexity index is 963. The lowest BCUT2D eigenvalue weighted by molar-refractivity contribution is -0.188. The quantitative estimate of drug-likeness (QED) is 0.692. The molecule has 2 amide bonds. The molecule has 1 aromatic carbocycles. The van der Waals surface area contributed by atoms with Crippen LogP contribution in [0, 0.1) is 0 Å². The summed E-state index contributed by atoms with van der Waals surface area (Å²) in [4.78, 5) is 32.2. The standard InChI is InChI=1S/C24H28N2O5S/c1-29-13-12-26-21(19-7-4-16-32-19)20(17-5-2-3-6-18(17)22(26)27)23(28)25-10-8-24(9-11-25)30-14-15-31-24/h2-7,16,20-21H,8-15H2,1H3. The van der Waals surface area contributed by atoms with Crippen molar-refractivity contribution in [3.05, 3.63) is 57.8 Å². The number of likely N-dealkylation sites (tertiary alicyclic amines) is 1. The average Bonchev–Trinajstić information content (AvgIpc) is 3.51. The van der Waals surface area contributed by atoms with E-state index in [-0.39, 0.29) is 17.9 Å². The van der Waals surface area contributed by atoms with Gasteiger partial charge in [-0.15, -0.1) is 11.3 Å². The van der Waals surface area contributed by atoms with E-state index in [1.54, 1.807) is 18.4 Å². The third-order valence-corrected chi connectivity index (χ3v) is 7.67. The summed E-state index contributed by atoms with van der Waals surface area (Å²) >= 11 is 1.58. The van der Waals surface area contributed by atoms with Crippen molar-refractivity contribution in [2.45, 2.75) is 30.6 Å². The fourth-order valence-corrected chi connectivity index (χ4v) is 5.99. The number of benzene rings is 1. The Hall–Kier alpha value is -2.26. The number of thiophene rings is 1. The van der Waals surface area contributed by atoms with Crippen molar-refractivity contribution in [3.63, 3.8) is 0 Å². The van der Waals surface area contributed by atoms with Crippen LogP contribution in [0.5, 0.6) is 0 Å². The molecule has 2 saturated heterocycles. The third-order valence-electron chi connectivity index (χ3n) is 6.73. The molecule has 2 fully saturated rings. The van der Waals surface area contributed by atoms with E-state index in [0.717, 1.165) is 10.4 Å². The number of methoxy groups -OCH3 is 1. The monoisotopic (exact) mass is 456 g/mol. The largest absolute Gasteiger partial charge is 0.383 e. The van der Waals surface area contributed by atoms with Crippen molar-refractivity contribution < 1.29 is 23.8 Å². The number of carbonyl (C=O) groups is 2. The highest BCUT2D eigenvalue weighted by Gasteiger charge is 2.48. The van der Waals surface area contributed by atoms with Crippen LogP contribution < -0.4 is 0 Å². The van der Waals surface area contributed by atoms with Crippen LogP contribution in [0.4, 0.5) is 0 Å². The van der Waals surface area contributed by atoms with Gasteiger partial charge in [0.15, 0.2) is 5.79 Å². The lowest BCUT2D eigenvalue weighted by Crippen LogP contribution is -2.52. The summed E-state index contributed by atoms with van der Waals surface area (Å²) in [7, 11) is 1.63.